The van der Waals surface area contributed by atoms with Crippen LogP contribution < -0.4 is 0 Å². The van der Waals surface area contributed by atoms with Gasteiger partial charge in [0.1, 0.15) is 0 Å². The molecule has 18 heavy (non-hydrogen) atoms. The molecule has 94 valence electrons. The molecule has 1 aliphatic heterocycles. The lowest BCUT2D eigenvalue weighted by molar-refractivity contribution is 0.165. The van der Waals surface area contributed by atoms with Crippen LogP contribution in [0.25, 0.3) is 0 Å². The third kappa shape index (κ3) is 2.04. The van der Waals surface area contributed by atoms with Crippen LogP contribution in [-0.2, 0) is 13.0 Å². The number of aromatic nitrogens is 3. The quantitative estimate of drug-likeness (QED) is 0.898. The van der Waals surface area contributed by atoms with Crippen LogP contribution in [0.3, 0.4) is 0 Å². The van der Waals surface area contributed by atoms with Crippen LogP contribution in [-0.4, -0.2) is 26.4 Å². The lowest BCUT2D eigenvalue weighted by Gasteiger charge is -2.34. The van der Waals surface area contributed by atoms with Crippen LogP contribution in [0.1, 0.15) is 36.5 Å². The summed E-state index contributed by atoms with van der Waals surface area (Å²) in [5.74, 6) is 0. The van der Waals surface area contributed by atoms with Crippen molar-refractivity contribution in [3.8, 4) is 0 Å². The summed E-state index contributed by atoms with van der Waals surface area (Å²) in [6.07, 6.45) is 5.82. The van der Waals surface area contributed by atoms with Gasteiger partial charge in [-0.05, 0) is 18.6 Å². The number of hydrogen-bond donors (Lipinski definition) is 1. The first-order chi connectivity index (χ1) is 8.88. The Morgan fingerprint density at radius 2 is 2.33 bits per heavy atom. The van der Waals surface area contributed by atoms with Gasteiger partial charge in [-0.25, -0.2) is 4.98 Å². The summed E-state index contributed by atoms with van der Waals surface area (Å²) in [5, 5.41) is 0. The molecule has 0 amide bonds. The van der Waals surface area contributed by atoms with Gasteiger partial charge < -0.3 is 4.98 Å². The smallest absolute Gasteiger partial charge is 0.0925 e. The van der Waals surface area contributed by atoms with Crippen LogP contribution in [0.5, 0.6) is 0 Å². The minimum atomic E-state index is 0.419. The van der Waals surface area contributed by atoms with Crippen LogP contribution in [0, 0.1) is 0 Å². The van der Waals surface area contributed by atoms with Gasteiger partial charge in [0.25, 0.3) is 0 Å². The summed E-state index contributed by atoms with van der Waals surface area (Å²) in [6.45, 7) is 4.20. The number of aromatic amines is 1. The van der Waals surface area contributed by atoms with Gasteiger partial charge in [-0.3, -0.25) is 9.88 Å². The lowest BCUT2D eigenvalue weighted by Crippen LogP contribution is -2.35. The van der Waals surface area contributed by atoms with Crippen molar-refractivity contribution in [1.29, 1.82) is 0 Å². The highest BCUT2D eigenvalue weighted by Crippen LogP contribution is 2.30. The Morgan fingerprint density at radius 3 is 3.11 bits per heavy atom. The average molecular weight is 242 g/mol. The van der Waals surface area contributed by atoms with E-state index < -0.39 is 0 Å². The molecule has 4 nitrogen and oxygen atoms in total. The number of H-pyrrole nitrogens is 1. The Bertz CT molecular complexity index is 506. The zero-order chi connectivity index (χ0) is 12.4. The third-order valence-electron chi connectivity index (χ3n) is 3.63. The van der Waals surface area contributed by atoms with Gasteiger partial charge in [-0.15, -0.1) is 0 Å². The molecule has 1 aliphatic rings. The summed E-state index contributed by atoms with van der Waals surface area (Å²) in [5.41, 5.74) is 3.66. The highest BCUT2D eigenvalue weighted by Gasteiger charge is 2.28. The van der Waals surface area contributed by atoms with Gasteiger partial charge in [-0.2, -0.15) is 0 Å². The standard InChI is InChI=1S/C14H18N4/c1-2-13-14-12(16-10-17-14)6-8-18(13)9-11-5-3-4-7-15-11/h3-5,7,10,13H,2,6,8-9H2,1H3,(H,16,17)/t13-/m0/s1. The van der Waals surface area contributed by atoms with E-state index in [2.05, 4.69) is 32.8 Å². The first-order valence-electron chi connectivity index (χ1n) is 6.54. The number of hydrogen-bond acceptors (Lipinski definition) is 3. The molecular formula is C14H18N4. The van der Waals surface area contributed by atoms with E-state index in [-0.39, 0.29) is 0 Å². The summed E-state index contributed by atoms with van der Waals surface area (Å²) in [6, 6.07) is 6.52. The Labute approximate surface area is 107 Å². The van der Waals surface area contributed by atoms with E-state index in [0.29, 0.717) is 6.04 Å². The number of rotatable bonds is 3. The molecule has 0 fully saturated rings. The van der Waals surface area contributed by atoms with E-state index in [9.17, 15) is 0 Å². The Kier molecular flexibility index (Phi) is 3.11. The average Bonchev–Trinajstić information content (AvgIpc) is 2.88. The van der Waals surface area contributed by atoms with Gasteiger partial charge in [0.15, 0.2) is 0 Å². The predicted molar refractivity (Wildman–Crippen MR) is 70.0 cm³/mol. The van der Waals surface area contributed by atoms with Gasteiger partial charge in [0.2, 0.25) is 0 Å². The van der Waals surface area contributed by atoms with Crippen LogP contribution in [0.15, 0.2) is 30.7 Å². The second-order valence-electron chi connectivity index (χ2n) is 4.73. The van der Waals surface area contributed by atoms with E-state index in [1.807, 2.05) is 24.7 Å². The zero-order valence-corrected chi connectivity index (χ0v) is 10.6. The van der Waals surface area contributed by atoms with Crippen molar-refractivity contribution in [2.45, 2.75) is 32.4 Å². The first kappa shape index (κ1) is 11.4. The maximum Gasteiger partial charge on any atom is 0.0925 e. The fourth-order valence-electron chi connectivity index (χ4n) is 2.74. The molecule has 0 radical (unpaired) electrons. The number of nitrogens with zero attached hydrogens (tertiary/aromatic N) is 3. The first-order valence-corrected chi connectivity index (χ1v) is 6.54. The number of pyridine rings is 1. The van der Waals surface area contributed by atoms with Crippen molar-refractivity contribution < 1.29 is 0 Å². The maximum absolute atomic E-state index is 4.48. The van der Waals surface area contributed by atoms with Crippen molar-refractivity contribution in [3.05, 3.63) is 47.8 Å². The van der Waals surface area contributed by atoms with E-state index in [0.717, 1.165) is 31.6 Å². The summed E-state index contributed by atoms with van der Waals surface area (Å²) in [7, 11) is 0. The molecule has 1 N–H and O–H groups in total. The molecule has 0 unspecified atom stereocenters. The monoisotopic (exact) mass is 242 g/mol. The molecule has 0 aromatic carbocycles. The Hall–Kier alpha value is -1.68. The highest BCUT2D eigenvalue weighted by molar-refractivity contribution is 5.20. The molecule has 0 spiro atoms. The van der Waals surface area contributed by atoms with E-state index in [1.165, 1.54) is 11.4 Å². The van der Waals surface area contributed by atoms with Gasteiger partial charge in [0.05, 0.1) is 23.8 Å². The fraction of sp³-hybridized carbons (Fsp3) is 0.429. The van der Waals surface area contributed by atoms with Crippen molar-refractivity contribution in [2.24, 2.45) is 0 Å². The lowest BCUT2D eigenvalue weighted by atomic mass is 10.0. The number of fused-ring (bicyclic) bond motifs is 1. The molecule has 3 heterocycles. The van der Waals surface area contributed by atoms with E-state index in [1.54, 1.807) is 0 Å². The molecule has 0 bridgehead atoms. The van der Waals surface area contributed by atoms with Crippen molar-refractivity contribution in [3.63, 3.8) is 0 Å². The van der Waals surface area contributed by atoms with Crippen LogP contribution >= 0.6 is 0 Å². The molecule has 0 saturated heterocycles. The van der Waals surface area contributed by atoms with Crippen molar-refractivity contribution in [2.75, 3.05) is 6.54 Å². The molecular weight excluding hydrogens is 224 g/mol. The zero-order valence-electron chi connectivity index (χ0n) is 10.6. The minimum Gasteiger partial charge on any atom is -0.348 e. The molecule has 0 saturated carbocycles. The van der Waals surface area contributed by atoms with Crippen molar-refractivity contribution >= 4 is 0 Å². The number of nitrogens with one attached hydrogen (secondary N) is 1. The summed E-state index contributed by atoms with van der Waals surface area (Å²) >= 11 is 0. The Morgan fingerprint density at radius 1 is 1.39 bits per heavy atom. The summed E-state index contributed by atoms with van der Waals surface area (Å²) < 4.78 is 0. The fourth-order valence-corrected chi connectivity index (χ4v) is 2.74. The van der Waals surface area contributed by atoms with E-state index >= 15 is 0 Å². The second kappa shape index (κ2) is 4.90. The minimum absolute atomic E-state index is 0.419. The van der Waals surface area contributed by atoms with Crippen LogP contribution in [0.2, 0.25) is 0 Å². The molecule has 3 rings (SSSR count). The molecule has 2 aromatic heterocycles. The third-order valence-corrected chi connectivity index (χ3v) is 3.63. The normalized spacial score (nSPS) is 19.7. The topological polar surface area (TPSA) is 44.8 Å². The molecule has 1 atom stereocenters. The Balaban J connectivity index is 1.81. The maximum atomic E-state index is 4.48. The largest absolute Gasteiger partial charge is 0.348 e. The molecule has 4 heteroatoms. The number of imidazole rings is 1. The highest BCUT2D eigenvalue weighted by atomic mass is 15.2. The van der Waals surface area contributed by atoms with Gasteiger partial charge in [0, 0.05) is 31.4 Å². The predicted octanol–water partition coefficient (Wildman–Crippen LogP) is 2.31. The van der Waals surface area contributed by atoms with Gasteiger partial charge in [-0.1, -0.05) is 13.0 Å². The molecule has 2 aromatic rings. The molecule has 0 aliphatic carbocycles. The van der Waals surface area contributed by atoms with Crippen LogP contribution in [0.4, 0.5) is 0 Å². The van der Waals surface area contributed by atoms with E-state index in [4.69, 9.17) is 0 Å². The second-order valence-corrected chi connectivity index (χ2v) is 4.73. The SMILES string of the molecule is CC[C@H]1c2nc[nH]c2CCN1Cc1ccccn1. The summed E-state index contributed by atoms with van der Waals surface area (Å²) in [4.78, 5) is 14.6. The van der Waals surface area contributed by atoms with Gasteiger partial charge >= 0.3 is 0 Å². The van der Waals surface area contributed by atoms with Crippen molar-refractivity contribution in [1.82, 2.24) is 19.9 Å².